The van der Waals surface area contributed by atoms with Crippen molar-refractivity contribution in [1.29, 1.82) is 0 Å². The van der Waals surface area contributed by atoms with Crippen LogP contribution in [-0.2, 0) is 11.2 Å². The molecule has 2 aliphatic heterocycles. The van der Waals surface area contributed by atoms with Crippen molar-refractivity contribution in [3.63, 3.8) is 0 Å². The van der Waals surface area contributed by atoms with Crippen molar-refractivity contribution in [2.75, 3.05) is 16.8 Å². The number of anilines is 2. The maximum atomic E-state index is 13.8. The van der Waals surface area contributed by atoms with Gasteiger partial charge in [0.15, 0.2) is 5.82 Å². The van der Waals surface area contributed by atoms with E-state index in [-0.39, 0.29) is 11.6 Å². The molecule has 1 unspecified atom stereocenters. The van der Waals surface area contributed by atoms with Gasteiger partial charge in [-0.2, -0.15) is 0 Å². The van der Waals surface area contributed by atoms with Gasteiger partial charge in [-0.05, 0) is 29.5 Å². The number of benzene rings is 1. The number of thiophene rings is 1. The van der Waals surface area contributed by atoms with E-state index in [2.05, 4.69) is 5.32 Å². The van der Waals surface area contributed by atoms with Crippen molar-refractivity contribution < 1.29 is 13.6 Å². The van der Waals surface area contributed by atoms with Crippen LogP contribution in [0.3, 0.4) is 0 Å². The van der Waals surface area contributed by atoms with E-state index in [0.717, 1.165) is 18.1 Å². The number of hydrogen-bond acceptors (Lipinski definition) is 3. The molecule has 0 saturated heterocycles. The lowest BCUT2D eigenvalue weighted by molar-refractivity contribution is -0.118. The first-order valence-electron chi connectivity index (χ1n) is 6.28. The molecule has 1 amide bonds. The van der Waals surface area contributed by atoms with Crippen LogP contribution in [0.25, 0.3) is 0 Å². The Kier molecular flexibility index (Phi) is 2.38. The largest absolute Gasteiger partial charge is 0.354 e. The number of amides is 1. The van der Waals surface area contributed by atoms with Gasteiger partial charge < -0.3 is 10.2 Å². The van der Waals surface area contributed by atoms with Crippen molar-refractivity contribution >= 4 is 28.6 Å². The van der Waals surface area contributed by atoms with Gasteiger partial charge in [0.25, 0.3) is 5.91 Å². The summed E-state index contributed by atoms with van der Waals surface area (Å²) >= 11 is 1.62. The van der Waals surface area contributed by atoms with Gasteiger partial charge in [0.05, 0.1) is 5.69 Å². The van der Waals surface area contributed by atoms with Gasteiger partial charge in [0, 0.05) is 17.5 Å². The normalized spacial score (nSPS) is 20.0. The topological polar surface area (TPSA) is 32.3 Å². The fourth-order valence-electron chi connectivity index (χ4n) is 2.96. The lowest BCUT2D eigenvalue weighted by Crippen LogP contribution is -2.45. The number of hydrogen-bond donors (Lipinski definition) is 1. The lowest BCUT2D eigenvalue weighted by atomic mass is 9.95. The Morgan fingerprint density at radius 3 is 3.05 bits per heavy atom. The van der Waals surface area contributed by atoms with Crippen LogP contribution in [0.15, 0.2) is 23.6 Å². The van der Waals surface area contributed by atoms with Crippen LogP contribution in [0, 0.1) is 11.6 Å². The van der Waals surface area contributed by atoms with Gasteiger partial charge >= 0.3 is 0 Å². The molecule has 0 saturated carbocycles. The van der Waals surface area contributed by atoms with Crippen LogP contribution in [-0.4, -0.2) is 12.5 Å². The van der Waals surface area contributed by atoms with Crippen LogP contribution < -0.4 is 10.2 Å². The predicted molar refractivity (Wildman–Crippen MR) is 73.1 cm³/mol. The minimum atomic E-state index is -0.733. The number of fused-ring (bicyclic) bond motifs is 5. The van der Waals surface area contributed by atoms with Gasteiger partial charge in [-0.3, -0.25) is 4.79 Å². The van der Waals surface area contributed by atoms with Crippen LogP contribution in [0.1, 0.15) is 16.5 Å². The first-order valence-corrected chi connectivity index (χ1v) is 7.16. The Bertz CT molecular complexity index is 728. The number of halogens is 2. The molecular weight excluding hydrogens is 282 g/mol. The summed E-state index contributed by atoms with van der Waals surface area (Å²) in [6, 6.07) is 3.50. The molecule has 3 heterocycles. The summed E-state index contributed by atoms with van der Waals surface area (Å²) in [4.78, 5) is 15.2. The van der Waals surface area contributed by atoms with E-state index < -0.39 is 17.7 Å². The molecule has 0 fully saturated rings. The molecule has 3 nitrogen and oxygen atoms in total. The fourth-order valence-corrected chi connectivity index (χ4v) is 3.86. The second kappa shape index (κ2) is 4.02. The number of nitrogens with one attached hydrogen (secondary N) is 1. The van der Waals surface area contributed by atoms with E-state index >= 15 is 0 Å². The summed E-state index contributed by atoms with van der Waals surface area (Å²) in [6.45, 7) is 0.585. The van der Waals surface area contributed by atoms with E-state index in [0.29, 0.717) is 12.2 Å². The van der Waals surface area contributed by atoms with Gasteiger partial charge in [0.1, 0.15) is 17.5 Å². The van der Waals surface area contributed by atoms with E-state index in [1.165, 1.54) is 10.9 Å². The van der Waals surface area contributed by atoms with Crippen molar-refractivity contribution in [3.05, 3.63) is 45.7 Å². The third kappa shape index (κ3) is 1.51. The van der Waals surface area contributed by atoms with E-state index in [4.69, 9.17) is 0 Å². The zero-order valence-electron chi connectivity index (χ0n) is 10.3. The van der Waals surface area contributed by atoms with Gasteiger partial charge in [-0.15, -0.1) is 11.3 Å². The van der Waals surface area contributed by atoms with Crippen LogP contribution >= 0.6 is 11.3 Å². The zero-order valence-corrected chi connectivity index (χ0v) is 11.1. The maximum Gasteiger partial charge on any atom is 0.251 e. The van der Waals surface area contributed by atoms with E-state index in [9.17, 15) is 13.6 Å². The summed E-state index contributed by atoms with van der Waals surface area (Å²) in [5, 5.41) is 4.52. The fraction of sp³-hybridized carbons (Fsp3) is 0.214. The summed E-state index contributed by atoms with van der Waals surface area (Å²) in [6.07, 6.45) is 0.786. The highest BCUT2D eigenvalue weighted by Crippen LogP contribution is 2.44. The second-order valence-electron chi connectivity index (χ2n) is 4.92. The van der Waals surface area contributed by atoms with Gasteiger partial charge in [0.2, 0.25) is 0 Å². The molecule has 2 aromatic rings. The average molecular weight is 292 g/mol. The highest BCUT2D eigenvalue weighted by Gasteiger charge is 2.39. The number of carbonyl (C=O) groups excluding carboxylic acids is 1. The Labute approximate surface area is 117 Å². The molecule has 1 atom stereocenters. The maximum absolute atomic E-state index is 13.8. The van der Waals surface area contributed by atoms with Crippen molar-refractivity contribution in [2.24, 2.45) is 0 Å². The standard InChI is InChI=1S/C14H10F2N2OS/c15-7-5-9(16)12-10(6-7)18-3-1-11-8(2-4-20-11)13(18)14(19)17-12/h2,4-6,13H,1,3H2,(H,17,19). The quantitative estimate of drug-likeness (QED) is 0.809. The van der Waals surface area contributed by atoms with Crippen LogP contribution in [0.2, 0.25) is 0 Å². The number of carbonyl (C=O) groups is 1. The van der Waals surface area contributed by atoms with Crippen molar-refractivity contribution in [1.82, 2.24) is 0 Å². The van der Waals surface area contributed by atoms with Crippen LogP contribution in [0.4, 0.5) is 20.2 Å². The molecule has 2 aliphatic rings. The lowest BCUT2D eigenvalue weighted by Gasteiger charge is -2.41. The van der Waals surface area contributed by atoms with E-state index in [1.54, 1.807) is 16.2 Å². The summed E-state index contributed by atoms with van der Waals surface area (Å²) in [5.41, 5.74) is 1.43. The summed E-state index contributed by atoms with van der Waals surface area (Å²) in [7, 11) is 0. The summed E-state index contributed by atoms with van der Waals surface area (Å²) < 4.78 is 27.3. The number of rotatable bonds is 0. The third-order valence-electron chi connectivity index (χ3n) is 3.81. The molecule has 1 aromatic carbocycles. The highest BCUT2D eigenvalue weighted by molar-refractivity contribution is 7.10. The second-order valence-corrected chi connectivity index (χ2v) is 5.92. The number of nitrogens with zero attached hydrogens (tertiary/aromatic N) is 1. The third-order valence-corrected chi connectivity index (χ3v) is 4.80. The Morgan fingerprint density at radius 2 is 2.20 bits per heavy atom. The molecule has 1 aromatic heterocycles. The Balaban J connectivity index is 1.91. The van der Waals surface area contributed by atoms with Crippen molar-refractivity contribution in [2.45, 2.75) is 12.5 Å². The Morgan fingerprint density at radius 1 is 1.35 bits per heavy atom. The minimum Gasteiger partial charge on any atom is -0.354 e. The monoisotopic (exact) mass is 292 g/mol. The average Bonchev–Trinajstić information content (AvgIpc) is 2.88. The molecule has 0 spiro atoms. The molecule has 4 rings (SSSR count). The molecule has 6 heteroatoms. The molecular formula is C14H10F2N2OS. The first-order chi connectivity index (χ1) is 9.65. The van der Waals surface area contributed by atoms with Crippen LogP contribution in [0.5, 0.6) is 0 Å². The smallest absolute Gasteiger partial charge is 0.251 e. The first kappa shape index (κ1) is 11.8. The van der Waals surface area contributed by atoms with Crippen molar-refractivity contribution in [3.8, 4) is 0 Å². The highest BCUT2D eigenvalue weighted by atomic mass is 32.1. The Hall–Kier alpha value is -1.95. The molecule has 0 bridgehead atoms. The summed E-state index contributed by atoms with van der Waals surface area (Å²) in [5.74, 6) is -1.63. The molecule has 20 heavy (non-hydrogen) atoms. The predicted octanol–water partition coefficient (Wildman–Crippen LogP) is 3.08. The molecule has 102 valence electrons. The van der Waals surface area contributed by atoms with E-state index in [1.807, 2.05) is 11.4 Å². The SMILES string of the molecule is O=C1Nc2c(F)cc(F)cc2N2CCc3sccc3C12. The molecule has 1 N–H and O–H groups in total. The minimum absolute atomic E-state index is 0.0753. The molecule has 0 radical (unpaired) electrons. The van der Waals surface area contributed by atoms with Gasteiger partial charge in [-0.25, -0.2) is 8.78 Å². The van der Waals surface area contributed by atoms with Gasteiger partial charge in [-0.1, -0.05) is 0 Å². The molecule has 0 aliphatic carbocycles. The zero-order chi connectivity index (χ0) is 13.9.